The van der Waals surface area contributed by atoms with Crippen LogP contribution < -0.4 is 0 Å². The Balaban J connectivity index is 0.896. The van der Waals surface area contributed by atoms with Crippen LogP contribution in [0.5, 0.6) is 0 Å². The van der Waals surface area contributed by atoms with Crippen LogP contribution in [0, 0.1) is 0 Å². The Morgan fingerprint density at radius 2 is 0.512 bits per heavy atom. The first-order chi connectivity index (χ1) is 59.8. The molecule has 4 fully saturated rings. The van der Waals surface area contributed by atoms with E-state index < -0.39 is 209 Å². The molecular weight excluding hydrogens is 1600 g/mol. The molecule has 9 aromatic carbocycles. The van der Waals surface area contributed by atoms with E-state index in [1.54, 1.807) is 115 Å². The second-order valence-electron chi connectivity index (χ2n) is 28.2. The minimum Gasteiger partial charge on any atom is -0.459 e. The monoisotopic (exact) mass is 1680 g/mol. The van der Waals surface area contributed by atoms with Crippen LogP contribution in [0.25, 0.3) is 0 Å². The molecule has 31 heteroatoms. The number of esters is 10. The van der Waals surface area contributed by atoms with Crippen LogP contribution in [0.2, 0.25) is 0 Å². The van der Waals surface area contributed by atoms with Gasteiger partial charge in [0.15, 0.2) is 80.1 Å². The fraction of sp³-hybridized carbons (Fsp3) is 0.283. The lowest BCUT2D eigenvalue weighted by Crippen LogP contribution is -2.67. The molecular formula is C92H84O31. The van der Waals surface area contributed by atoms with E-state index in [4.69, 9.17) is 85.3 Å². The summed E-state index contributed by atoms with van der Waals surface area (Å²) in [6.07, 6.45) is -38.9. The van der Waals surface area contributed by atoms with Gasteiger partial charge in [-0.25, -0.2) is 43.2 Å². The molecule has 123 heavy (non-hydrogen) atoms. The molecule has 13 rings (SSSR count). The van der Waals surface area contributed by atoms with Crippen LogP contribution in [0.3, 0.4) is 0 Å². The van der Waals surface area contributed by atoms with Crippen molar-refractivity contribution in [2.75, 3.05) is 33.0 Å². The highest BCUT2D eigenvalue weighted by Crippen LogP contribution is 2.39. The third kappa shape index (κ3) is 22.6. The predicted octanol–water partition coefficient (Wildman–Crippen LogP) is 8.81. The molecule has 4 saturated heterocycles. The smallest absolute Gasteiger partial charge is 0.338 e. The van der Waals surface area contributed by atoms with Crippen molar-refractivity contribution in [1.82, 2.24) is 0 Å². The van der Waals surface area contributed by atoms with Crippen molar-refractivity contribution in [3.05, 3.63) is 336 Å². The maximum Gasteiger partial charge on any atom is 0.338 e. The number of hydrogen-bond acceptors (Lipinski definition) is 31. The number of carbonyl (C=O) groups is 10. The number of aliphatic hydroxyl groups excluding tert-OH is 3. The van der Waals surface area contributed by atoms with E-state index in [-0.39, 0.29) is 56.7 Å². The Kier molecular flexibility index (Phi) is 30.3. The van der Waals surface area contributed by atoms with Crippen LogP contribution in [-0.4, -0.2) is 231 Å². The number of benzene rings is 9. The van der Waals surface area contributed by atoms with Gasteiger partial charge in [0.1, 0.15) is 55.9 Å². The summed E-state index contributed by atoms with van der Waals surface area (Å²) in [6.45, 7) is 0.733. The van der Waals surface area contributed by atoms with Crippen LogP contribution in [-0.2, 0) is 90.1 Å². The largest absolute Gasteiger partial charge is 0.459 e. The molecule has 9 aromatic rings. The summed E-state index contributed by atoms with van der Waals surface area (Å²) in [7, 11) is 0. The molecule has 0 spiro atoms. The van der Waals surface area contributed by atoms with E-state index in [0.29, 0.717) is 0 Å². The summed E-state index contributed by atoms with van der Waals surface area (Å²) in [6, 6.07) is 67.8. The van der Waals surface area contributed by atoms with Crippen LogP contribution in [0.15, 0.2) is 286 Å². The van der Waals surface area contributed by atoms with E-state index in [2.05, 4.69) is 6.58 Å². The standard InChI is InChI=1S/C92H84O31/c1-3-49-106-90-77(122-88(105)63-47-29-12-30-48-63)74(119-85(102)60-41-23-9-24-42-60)73(118-84(101)59-39-21-8-22-40-59)67(113-90)53-109-89-70(96)69(95)68(94)64(112-89)50-110-91-78(75(120-86(103)61-43-25-10-26-44-61)71(116-82(99)57-35-17-6-18-36-57)65(114-91)51-107-80(97)55-31-13-4-14-32-55)123-92-79(111-54(2)93)76(121-87(104)62-45-27-11-28-46-62)72(117-83(100)58-37-19-7-20-38-58)66(115-92)52-108-81(98)56-33-15-5-16-34-56/h3-48,64-79,89-92,94-96H,1,49-53H2,2H3/t64-,65-,66-,67-,68-,69+,70+,71-,72-,73-,74+,75+,76+,77+,78+,79+,89+,90+,91+,92-/m1/s1. The van der Waals surface area contributed by atoms with Gasteiger partial charge >= 0.3 is 59.7 Å². The average molecular weight is 1690 g/mol. The molecule has 0 saturated carbocycles. The average Bonchev–Trinajstić information content (AvgIpc) is 0.762. The van der Waals surface area contributed by atoms with E-state index in [1.165, 1.54) is 164 Å². The predicted molar refractivity (Wildman–Crippen MR) is 424 cm³/mol. The quantitative estimate of drug-likeness (QED) is 0.0201. The summed E-state index contributed by atoms with van der Waals surface area (Å²) < 4.78 is 114. The Bertz CT molecular complexity index is 5020. The molecule has 0 aliphatic carbocycles. The second kappa shape index (κ2) is 42.5. The number of carbonyl (C=O) groups excluding carboxylic acids is 10. The lowest BCUT2D eigenvalue weighted by atomic mass is 9.95. The fourth-order valence-corrected chi connectivity index (χ4v) is 13.7. The highest BCUT2D eigenvalue weighted by atomic mass is 16.8. The Morgan fingerprint density at radius 3 is 0.829 bits per heavy atom. The van der Waals surface area contributed by atoms with Gasteiger partial charge in [0.25, 0.3) is 0 Å². The van der Waals surface area contributed by atoms with Crippen LogP contribution in [0.4, 0.5) is 0 Å². The Labute approximate surface area is 703 Å². The third-order valence-corrected chi connectivity index (χ3v) is 19.8. The minimum atomic E-state index is -2.29. The van der Waals surface area contributed by atoms with Gasteiger partial charge in [0.2, 0.25) is 0 Å². The number of rotatable bonds is 32. The van der Waals surface area contributed by atoms with Crippen molar-refractivity contribution in [3.8, 4) is 0 Å². The lowest BCUT2D eigenvalue weighted by Gasteiger charge is -2.49. The molecule has 0 bridgehead atoms. The van der Waals surface area contributed by atoms with Gasteiger partial charge in [-0.05, 0) is 109 Å². The molecule has 4 heterocycles. The molecule has 0 unspecified atom stereocenters. The van der Waals surface area contributed by atoms with Gasteiger partial charge in [-0.3, -0.25) is 4.79 Å². The number of aliphatic hydroxyl groups is 3. The molecule has 31 nitrogen and oxygen atoms in total. The summed E-state index contributed by atoms with van der Waals surface area (Å²) in [5.41, 5.74) is -0.257. The molecule has 0 amide bonds. The molecule has 4 aliphatic rings. The molecule has 0 aromatic heterocycles. The first kappa shape index (κ1) is 87.8. The SMILES string of the molecule is C=CCO[C@H]1O[C@H](CO[C@H]2O[C@H](CO[C@H]3O[C@H](COC(=O)c4ccccc4)[C@@H](OC(=O)c4ccccc4)[C@H](OC(=O)c4ccccc4)[C@@H]3O[C@H]3O[C@H](COC(=O)c4ccccc4)[C@@H](OC(=O)c4ccccc4)[C@H](OC(=O)c4ccccc4)[C@@H]3OC(C)=O)[C@@H](O)[C@H](O)[C@@H]2O)[C@@H](OC(=O)c2ccccc2)[C@H](OC(=O)c2ccccc2)[C@@H]1OC(=O)c1ccccc1. The summed E-state index contributed by atoms with van der Waals surface area (Å²) in [5.74, 6) is -10.4. The summed E-state index contributed by atoms with van der Waals surface area (Å²) in [4.78, 5) is 144. The topological polar surface area (TPSA) is 398 Å². The zero-order valence-corrected chi connectivity index (χ0v) is 65.6. The second-order valence-corrected chi connectivity index (χ2v) is 28.2. The summed E-state index contributed by atoms with van der Waals surface area (Å²) >= 11 is 0. The van der Waals surface area contributed by atoms with Crippen molar-refractivity contribution in [2.24, 2.45) is 0 Å². The van der Waals surface area contributed by atoms with Crippen LogP contribution >= 0.6 is 0 Å². The molecule has 20 atom stereocenters. The number of hydrogen-bond donors (Lipinski definition) is 3. The molecule has 638 valence electrons. The van der Waals surface area contributed by atoms with Crippen LogP contribution in [0.1, 0.15) is 100 Å². The zero-order chi connectivity index (χ0) is 86.3. The molecule has 4 aliphatic heterocycles. The van der Waals surface area contributed by atoms with E-state index in [9.17, 15) is 58.5 Å². The first-order valence-corrected chi connectivity index (χ1v) is 39.0. The van der Waals surface area contributed by atoms with Gasteiger partial charge in [-0.2, -0.15) is 0 Å². The van der Waals surface area contributed by atoms with Crippen molar-refractivity contribution < 1.29 is 149 Å². The number of ether oxygens (including phenoxy) is 18. The normalized spacial score (nSPS) is 25.9. The van der Waals surface area contributed by atoms with E-state index in [0.717, 1.165) is 6.92 Å². The Hall–Kier alpha value is -13.0. The van der Waals surface area contributed by atoms with E-state index >= 15 is 4.79 Å². The fourth-order valence-electron chi connectivity index (χ4n) is 13.7. The molecule has 0 radical (unpaired) electrons. The van der Waals surface area contributed by atoms with E-state index in [1.807, 2.05) is 0 Å². The van der Waals surface area contributed by atoms with Gasteiger partial charge in [-0.1, -0.05) is 170 Å². The zero-order valence-electron chi connectivity index (χ0n) is 65.6. The van der Waals surface area contributed by atoms with Gasteiger partial charge in [0, 0.05) is 6.92 Å². The highest BCUT2D eigenvalue weighted by Gasteiger charge is 2.60. The van der Waals surface area contributed by atoms with Gasteiger partial charge in [0.05, 0.1) is 69.9 Å². The van der Waals surface area contributed by atoms with Crippen molar-refractivity contribution in [1.29, 1.82) is 0 Å². The van der Waals surface area contributed by atoms with Crippen molar-refractivity contribution in [3.63, 3.8) is 0 Å². The highest BCUT2D eigenvalue weighted by molar-refractivity contribution is 5.94. The van der Waals surface area contributed by atoms with Crippen molar-refractivity contribution >= 4 is 59.7 Å². The third-order valence-electron chi connectivity index (χ3n) is 19.8. The van der Waals surface area contributed by atoms with Gasteiger partial charge < -0.3 is 101 Å². The minimum absolute atomic E-state index is 0.00320. The van der Waals surface area contributed by atoms with Crippen molar-refractivity contribution in [2.45, 2.75) is 130 Å². The maximum absolute atomic E-state index is 15.1. The summed E-state index contributed by atoms with van der Waals surface area (Å²) in [5, 5.41) is 36.1. The Morgan fingerprint density at radius 1 is 0.268 bits per heavy atom. The maximum atomic E-state index is 15.1. The first-order valence-electron chi connectivity index (χ1n) is 39.0. The molecule has 3 N–H and O–H groups in total. The lowest BCUT2D eigenvalue weighted by molar-refractivity contribution is -0.372. The van der Waals surface area contributed by atoms with Gasteiger partial charge in [-0.15, -0.1) is 6.58 Å².